The summed E-state index contributed by atoms with van der Waals surface area (Å²) < 4.78 is 10.4. The van der Waals surface area contributed by atoms with E-state index in [0.29, 0.717) is 0 Å². The number of hydrogen-bond acceptors (Lipinski definition) is 5. The van der Waals surface area contributed by atoms with Crippen LogP contribution in [0.4, 0.5) is 4.79 Å². The van der Waals surface area contributed by atoms with Gasteiger partial charge in [0.1, 0.15) is 5.56 Å². The van der Waals surface area contributed by atoms with Crippen LogP contribution >= 0.6 is 0 Å². The van der Waals surface area contributed by atoms with Crippen molar-refractivity contribution in [3.63, 3.8) is 0 Å². The van der Waals surface area contributed by atoms with Crippen molar-refractivity contribution in [1.29, 1.82) is 0 Å². The van der Waals surface area contributed by atoms with Gasteiger partial charge in [0.25, 0.3) is 5.91 Å². The van der Waals surface area contributed by atoms with Gasteiger partial charge in [0.2, 0.25) is 0 Å². The first-order valence-corrected chi connectivity index (χ1v) is 6.00. The predicted octanol–water partition coefficient (Wildman–Crippen LogP) is 0.616. The Hall–Kier alpha value is -2.77. The number of imide groups is 1. The Morgan fingerprint density at radius 2 is 1.95 bits per heavy atom. The van der Waals surface area contributed by atoms with Crippen LogP contribution in [0.1, 0.15) is 17.3 Å². The molecule has 0 fully saturated rings. The third-order valence-electron chi connectivity index (χ3n) is 2.56. The molecular weight excluding hydrogens is 280 g/mol. The highest BCUT2D eigenvalue weighted by Gasteiger charge is 2.23. The van der Waals surface area contributed by atoms with E-state index in [0.717, 1.165) is 0 Å². The number of carboxylic acids is 1. The molecule has 0 aliphatic heterocycles. The molecule has 1 aromatic carbocycles. The first kappa shape index (κ1) is 16.3. The third kappa shape index (κ3) is 4.10. The maximum absolute atomic E-state index is 11.7. The molecule has 0 aliphatic carbocycles. The molecule has 0 saturated carbocycles. The normalized spacial score (nSPS) is 11.2. The number of urea groups is 1. The molecule has 114 valence electrons. The molecule has 0 bridgehead atoms. The van der Waals surface area contributed by atoms with Crippen LogP contribution in [0.5, 0.6) is 11.5 Å². The number of carbonyl (C=O) groups excluding carboxylic acids is 2. The van der Waals surface area contributed by atoms with Gasteiger partial charge in [-0.25, -0.2) is 9.59 Å². The van der Waals surface area contributed by atoms with Crippen LogP contribution in [0.3, 0.4) is 0 Å². The minimum atomic E-state index is -1.22. The smallest absolute Gasteiger partial charge is 0.339 e. The summed E-state index contributed by atoms with van der Waals surface area (Å²) in [6.45, 7) is 1.39. The van der Waals surface area contributed by atoms with Crippen LogP contribution < -0.4 is 20.1 Å². The summed E-state index contributed by atoms with van der Waals surface area (Å²) in [4.78, 5) is 33.9. The van der Waals surface area contributed by atoms with Crippen molar-refractivity contribution < 1.29 is 29.0 Å². The lowest BCUT2D eigenvalue weighted by molar-refractivity contribution is -0.126. The number of aromatic carboxylic acids is 1. The van der Waals surface area contributed by atoms with Gasteiger partial charge in [-0.15, -0.1) is 0 Å². The van der Waals surface area contributed by atoms with E-state index in [4.69, 9.17) is 14.6 Å². The van der Waals surface area contributed by atoms with Crippen molar-refractivity contribution in [1.82, 2.24) is 10.6 Å². The van der Waals surface area contributed by atoms with E-state index in [1.54, 1.807) is 0 Å². The van der Waals surface area contributed by atoms with Crippen LogP contribution in [0.15, 0.2) is 18.2 Å². The molecule has 1 unspecified atom stereocenters. The second-order valence-electron chi connectivity index (χ2n) is 3.97. The van der Waals surface area contributed by atoms with E-state index in [9.17, 15) is 14.4 Å². The summed E-state index contributed by atoms with van der Waals surface area (Å²) in [7, 11) is 2.71. The molecule has 8 heteroatoms. The Morgan fingerprint density at radius 1 is 1.29 bits per heavy atom. The number of amides is 3. The van der Waals surface area contributed by atoms with Crippen LogP contribution in [0, 0.1) is 0 Å². The van der Waals surface area contributed by atoms with Gasteiger partial charge in [-0.2, -0.15) is 0 Å². The van der Waals surface area contributed by atoms with E-state index in [1.165, 1.54) is 39.3 Å². The average Bonchev–Trinajstić information content (AvgIpc) is 2.46. The molecule has 1 rings (SSSR count). The summed E-state index contributed by atoms with van der Waals surface area (Å²) in [5.41, 5.74) is -0.144. The van der Waals surface area contributed by atoms with Gasteiger partial charge in [-0.05, 0) is 19.1 Å². The lowest BCUT2D eigenvalue weighted by Crippen LogP contribution is -2.44. The van der Waals surface area contributed by atoms with E-state index in [-0.39, 0.29) is 17.1 Å². The zero-order chi connectivity index (χ0) is 16.0. The SMILES string of the molecule is CNC(=O)NC(=O)C(C)Oc1c(OC)cccc1C(=O)O. The van der Waals surface area contributed by atoms with Gasteiger partial charge in [0.05, 0.1) is 7.11 Å². The topological polar surface area (TPSA) is 114 Å². The van der Waals surface area contributed by atoms with Crippen molar-refractivity contribution in [2.75, 3.05) is 14.2 Å². The molecule has 3 amide bonds. The Balaban J connectivity index is 2.98. The monoisotopic (exact) mass is 296 g/mol. The van der Waals surface area contributed by atoms with Crippen molar-refractivity contribution in [3.8, 4) is 11.5 Å². The largest absolute Gasteiger partial charge is 0.493 e. The first-order chi connectivity index (χ1) is 9.90. The fourth-order valence-corrected chi connectivity index (χ4v) is 1.47. The van der Waals surface area contributed by atoms with Crippen LogP contribution in [0.2, 0.25) is 0 Å². The maximum atomic E-state index is 11.7. The zero-order valence-corrected chi connectivity index (χ0v) is 11.8. The number of benzene rings is 1. The molecule has 8 nitrogen and oxygen atoms in total. The Morgan fingerprint density at radius 3 is 2.48 bits per heavy atom. The lowest BCUT2D eigenvalue weighted by Gasteiger charge is -2.17. The highest BCUT2D eigenvalue weighted by Crippen LogP contribution is 2.31. The molecule has 0 aliphatic rings. The van der Waals surface area contributed by atoms with Crippen molar-refractivity contribution >= 4 is 17.9 Å². The molecule has 0 saturated heterocycles. The highest BCUT2D eigenvalue weighted by molar-refractivity contribution is 5.97. The first-order valence-electron chi connectivity index (χ1n) is 6.00. The molecule has 0 heterocycles. The molecule has 0 radical (unpaired) electrons. The highest BCUT2D eigenvalue weighted by atomic mass is 16.5. The minimum absolute atomic E-state index is 0.0768. The quantitative estimate of drug-likeness (QED) is 0.733. The number of carbonyl (C=O) groups is 3. The Kier molecular flexibility index (Phi) is 5.53. The fourth-order valence-electron chi connectivity index (χ4n) is 1.47. The Bertz CT molecular complexity index is 558. The zero-order valence-electron chi connectivity index (χ0n) is 11.8. The average molecular weight is 296 g/mol. The summed E-state index contributed by atoms with van der Waals surface area (Å²) in [5.74, 6) is -1.83. The van der Waals surface area contributed by atoms with E-state index >= 15 is 0 Å². The summed E-state index contributed by atoms with van der Waals surface area (Å²) in [6.07, 6.45) is -1.09. The minimum Gasteiger partial charge on any atom is -0.493 e. The van der Waals surface area contributed by atoms with Crippen LogP contribution in [-0.2, 0) is 4.79 Å². The van der Waals surface area contributed by atoms with E-state index < -0.39 is 24.0 Å². The standard InChI is InChI=1S/C13H16N2O6/c1-7(11(16)15-13(19)14-2)21-10-8(12(17)18)5-4-6-9(10)20-3/h4-7H,1-3H3,(H,17,18)(H2,14,15,16,19). The molecule has 1 atom stereocenters. The molecule has 1 aromatic rings. The van der Waals surface area contributed by atoms with Crippen molar-refractivity contribution in [2.45, 2.75) is 13.0 Å². The Labute approximate surface area is 121 Å². The molecule has 0 spiro atoms. The van der Waals surface area contributed by atoms with Gasteiger partial charge in [0.15, 0.2) is 17.6 Å². The third-order valence-corrected chi connectivity index (χ3v) is 2.56. The second-order valence-corrected chi connectivity index (χ2v) is 3.97. The summed E-state index contributed by atoms with van der Waals surface area (Å²) >= 11 is 0. The van der Waals surface area contributed by atoms with E-state index in [1.807, 2.05) is 5.32 Å². The molecule has 21 heavy (non-hydrogen) atoms. The lowest BCUT2D eigenvalue weighted by atomic mass is 10.2. The van der Waals surface area contributed by atoms with Crippen LogP contribution in [0.25, 0.3) is 0 Å². The second kappa shape index (κ2) is 7.13. The number of nitrogens with one attached hydrogen (secondary N) is 2. The predicted molar refractivity (Wildman–Crippen MR) is 72.6 cm³/mol. The van der Waals surface area contributed by atoms with Gasteiger partial charge in [-0.1, -0.05) is 6.07 Å². The van der Waals surface area contributed by atoms with E-state index in [2.05, 4.69) is 5.32 Å². The van der Waals surface area contributed by atoms with Gasteiger partial charge in [0, 0.05) is 7.05 Å². The molecule has 3 N–H and O–H groups in total. The number of para-hydroxylation sites is 1. The van der Waals surface area contributed by atoms with Gasteiger partial charge in [-0.3, -0.25) is 10.1 Å². The maximum Gasteiger partial charge on any atom is 0.339 e. The van der Waals surface area contributed by atoms with Gasteiger partial charge >= 0.3 is 12.0 Å². The summed E-state index contributed by atoms with van der Waals surface area (Å²) in [6, 6.07) is 3.63. The fraction of sp³-hybridized carbons (Fsp3) is 0.308. The molecular formula is C13H16N2O6. The number of rotatable bonds is 5. The van der Waals surface area contributed by atoms with Gasteiger partial charge < -0.3 is 19.9 Å². The molecule has 0 aromatic heterocycles. The number of hydrogen-bond donors (Lipinski definition) is 3. The van der Waals surface area contributed by atoms with Crippen LogP contribution in [-0.4, -0.2) is 43.3 Å². The summed E-state index contributed by atoms with van der Waals surface area (Å²) in [5, 5.41) is 13.4. The van der Waals surface area contributed by atoms with Crippen molar-refractivity contribution in [3.05, 3.63) is 23.8 Å². The number of methoxy groups -OCH3 is 1. The number of ether oxygens (including phenoxy) is 2. The van der Waals surface area contributed by atoms with Crippen molar-refractivity contribution in [2.24, 2.45) is 0 Å². The number of carboxylic acid groups (broad SMARTS) is 1.